The van der Waals surface area contributed by atoms with E-state index in [0.29, 0.717) is 0 Å². The maximum absolute atomic E-state index is 3.63. The van der Waals surface area contributed by atoms with Gasteiger partial charge in [0.05, 0.1) is 0 Å². The fourth-order valence-electron chi connectivity index (χ4n) is 1.49. The standard InChI is InChI=1S/C12H4Br6/c13-6-3-4-7(14)11(17)9(6)5-1-2-8(15)12(18)10(5)16/h1-4H. The first-order valence-electron chi connectivity index (χ1n) is 4.71. The van der Waals surface area contributed by atoms with Crippen molar-refractivity contribution in [2.24, 2.45) is 0 Å². The second-order valence-electron chi connectivity index (χ2n) is 3.44. The van der Waals surface area contributed by atoms with Crippen LogP contribution in [0.2, 0.25) is 0 Å². The third-order valence-electron chi connectivity index (χ3n) is 2.35. The fraction of sp³-hybridized carbons (Fsp3) is 0. The first kappa shape index (κ1) is 15.7. The summed E-state index contributed by atoms with van der Waals surface area (Å²) >= 11 is 21.4. The lowest BCUT2D eigenvalue weighted by molar-refractivity contribution is 1.47. The normalized spacial score (nSPS) is 10.8. The summed E-state index contributed by atoms with van der Waals surface area (Å²) in [6.07, 6.45) is 0. The molecule has 0 amide bonds. The van der Waals surface area contributed by atoms with Crippen LogP contribution < -0.4 is 0 Å². The van der Waals surface area contributed by atoms with E-state index in [9.17, 15) is 0 Å². The maximum atomic E-state index is 3.63. The van der Waals surface area contributed by atoms with Crippen LogP contribution in [0.5, 0.6) is 0 Å². The zero-order valence-electron chi connectivity index (χ0n) is 8.58. The molecule has 0 aromatic heterocycles. The number of halogens is 6. The molecule has 0 nitrogen and oxygen atoms in total. The van der Waals surface area contributed by atoms with E-state index in [2.05, 4.69) is 102 Å². The minimum Gasteiger partial charge on any atom is -0.0520 e. The number of hydrogen-bond donors (Lipinski definition) is 0. The van der Waals surface area contributed by atoms with E-state index in [0.717, 1.165) is 38.0 Å². The molecular weight excluding hydrogens is 624 g/mol. The van der Waals surface area contributed by atoms with Crippen molar-refractivity contribution in [3.63, 3.8) is 0 Å². The van der Waals surface area contributed by atoms with Crippen LogP contribution in [0.4, 0.5) is 0 Å². The summed E-state index contributed by atoms with van der Waals surface area (Å²) in [6.45, 7) is 0. The van der Waals surface area contributed by atoms with Gasteiger partial charge in [0.25, 0.3) is 0 Å². The molecule has 2 aromatic carbocycles. The van der Waals surface area contributed by atoms with Crippen LogP contribution in [0.1, 0.15) is 0 Å². The lowest BCUT2D eigenvalue weighted by atomic mass is 10.1. The van der Waals surface area contributed by atoms with Crippen LogP contribution in [-0.4, -0.2) is 0 Å². The van der Waals surface area contributed by atoms with Crippen molar-refractivity contribution >= 4 is 95.6 Å². The first-order chi connectivity index (χ1) is 8.43. The summed E-state index contributed by atoms with van der Waals surface area (Å²) < 4.78 is 6.10. The Labute approximate surface area is 156 Å². The topological polar surface area (TPSA) is 0 Å². The number of hydrogen-bond acceptors (Lipinski definition) is 0. The van der Waals surface area contributed by atoms with Crippen molar-refractivity contribution in [1.82, 2.24) is 0 Å². The lowest BCUT2D eigenvalue weighted by Gasteiger charge is -2.13. The monoisotopic (exact) mass is 622 g/mol. The van der Waals surface area contributed by atoms with Crippen molar-refractivity contribution in [3.05, 3.63) is 51.1 Å². The van der Waals surface area contributed by atoms with E-state index in [4.69, 9.17) is 0 Å². The summed E-state index contributed by atoms with van der Waals surface area (Å²) in [5.74, 6) is 0. The van der Waals surface area contributed by atoms with Gasteiger partial charge < -0.3 is 0 Å². The van der Waals surface area contributed by atoms with Gasteiger partial charge in [-0.2, -0.15) is 0 Å². The Morgan fingerprint density at radius 1 is 0.500 bits per heavy atom. The summed E-state index contributed by atoms with van der Waals surface area (Å²) in [5.41, 5.74) is 2.20. The summed E-state index contributed by atoms with van der Waals surface area (Å²) in [7, 11) is 0. The van der Waals surface area contributed by atoms with Gasteiger partial charge in [0.1, 0.15) is 0 Å². The number of rotatable bonds is 1. The number of benzene rings is 2. The largest absolute Gasteiger partial charge is 0.0520 e. The molecule has 2 aromatic rings. The average molecular weight is 628 g/mol. The fourth-order valence-corrected chi connectivity index (χ4v) is 4.68. The van der Waals surface area contributed by atoms with Crippen LogP contribution in [0, 0.1) is 0 Å². The predicted molar refractivity (Wildman–Crippen MR) is 98.1 cm³/mol. The molecule has 6 heteroatoms. The molecular formula is C12H4Br6. The van der Waals surface area contributed by atoms with Gasteiger partial charge in [-0.3, -0.25) is 0 Å². The zero-order valence-corrected chi connectivity index (χ0v) is 18.1. The molecule has 2 rings (SSSR count). The predicted octanol–water partition coefficient (Wildman–Crippen LogP) is 7.93. The molecule has 0 saturated carbocycles. The van der Waals surface area contributed by atoms with Crippen molar-refractivity contribution in [3.8, 4) is 11.1 Å². The average Bonchev–Trinajstić information content (AvgIpc) is 2.34. The first-order valence-corrected chi connectivity index (χ1v) is 9.46. The van der Waals surface area contributed by atoms with Crippen molar-refractivity contribution in [1.29, 1.82) is 0 Å². The molecule has 0 N–H and O–H groups in total. The zero-order chi connectivity index (χ0) is 13.4. The highest BCUT2D eigenvalue weighted by molar-refractivity contribution is 9.14. The van der Waals surface area contributed by atoms with Gasteiger partial charge in [0.2, 0.25) is 0 Å². The lowest BCUT2D eigenvalue weighted by Crippen LogP contribution is -1.87. The van der Waals surface area contributed by atoms with E-state index in [1.54, 1.807) is 0 Å². The van der Waals surface area contributed by atoms with Crippen molar-refractivity contribution in [2.75, 3.05) is 0 Å². The summed E-state index contributed by atoms with van der Waals surface area (Å²) in [6, 6.07) is 8.10. The molecule has 0 radical (unpaired) electrons. The van der Waals surface area contributed by atoms with Gasteiger partial charge in [0.15, 0.2) is 0 Å². The SMILES string of the molecule is Brc1ccc(-c2c(Br)ccc(Br)c2Br)c(Br)c1Br. The van der Waals surface area contributed by atoms with E-state index >= 15 is 0 Å². The molecule has 0 saturated heterocycles. The Kier molecular flexibility index (Phi) is 5.58. The van der Waals surface area contributed by atoms with Gasteiger partial charge in [-0.15, -0.1) is 0 Å². The smallest absolute Gasteiger partial charge is 0.0465 e. The molecule has 94 valence electrons. The third-order valence-corrected chi connectivity index (χ3v) is 8.40. The van der Waals surface area contributed by atoms with Crippen LogP contribution in [-0.2, 0) is 0 Å². The van der Waals surface area contributed by atoms with E-state index < -0.39 is 0 Å². The second kappa shape index (κ2) is 6.39. The second-order valence-corrected chi connectivity index (χ2v) is 8.38. The van der Waals surface area contributed by atoms with Gasteiger partial charge in [-0.25, -0.2) is 0 Å². The Morgan fingerprint density at radius 3 is 1.67 bits per heavy atom. The quantitative estimate of drug-likeness (QED) is 0.223. The summed E-state index contributed by atoms with van der Waals surface area (Å²) in [4.78, 5) is 0. The molecule has 0 aliphatic carbocycles. The molecule has 0 aliphatic rings. The molecule has 0 unspecified atom stereocenters. The third kappa shape index (κ3) is 2.98. The highest BCUT2D eigenvalue weighted by Crippen LogP contribution is 2.45. The van der Waals surface area contributed by atoms with Crippen molar-refractivity contribution in [2.45, 2.75) is 0 Å². The molecule has 0 atom stereocenters. The van der Waals surface area contributed by atoms with Gasteiger partial charge >= 0.3 is 0 Å². The minimum absolute atomic E-state index is 0.999. The van der Waals surface area contributed by atoms with Crippen LogP contribution >= 0.6 is 95.6 Å². The van der Waals surface area contributed by atoms with E-state index in [1.165, 1.54) is 0 Å². The maximum Gasteiger partial charge on any atom is 0.0465 e. The van der Waals surface area contributed by atoms with Crippen molar-refractivity contribution < 1.29 is 0 Å². The summed E-state index contributed by atoms with van der Waals surface area (Å²) in [5, 5.41) is 0. The highest BCUT2D eigenvalue weighted by Gasteiger charge is 2.16. The van der Waals surface area contributed by atoms with Gasteiger partial charge in [-0.1, -0.05) is 22.0 Å². The van der Waals surface area contributed by atoms with Crippen LogP contribution in [0.15, 0.2) is 51.1 Å². The molecule has 0 spiro atoms. The van der Waals surface area contributed by atoms with Crippen LogP contribution in [0.3, 0.4) is 0 Å². The Morgan fingerprint density at radius 2 is 1.00 bits per heavy atom. The van der Waals surface area contributed by atoms with E-state index in [-0.39, 0.29) is 0 Å². The molecule has 0 aliphatic heterocycles. The van der Waals surface area contributed by atoms with E-state index in [1.807, 2.05) is 18.2 Å². The van der Waals surface area contributed by atoms with Gasteiger partial charge in [0, 0.05) is 32.4 Å². The van der Waals surface area contributed by atoms with Crippen LogP contribution in [0.25, 0.3) is 11.1 Å². The molecule has 18 heavy (non-hydrogen) atoms. The molecule has 0 fully saturated rings. The Bertz CT molecular complexity index is 620. The Hall–Kier alpha value is 1.32. The van der Waals surface area contributed by atoms with Gasteiger partial charge in [-0.05, 0) is 103 Å². The minimum atomic E-state index is 0.999. The molecule has 0 bridgehead atoms. The molecule has 0 heterocycles. The Balaban J connectivity index is 2.78. The highest BCUT2D eigenvalue weighted by atomic mass is 79.9.